The number of aromatic nitrogens is 3. The molecule has 2 heterocycles. The first kappa shape index (κ1) is 21.4. The lowest BCUT2D eigenvalue weighted by atomic mass is 10.1. The third kappa shape index (κ3) is 5.41. The molecule has 3 aromatic rings. The van der Waals surface area contributed by atoms with Gasteiger partial charge in [-0.3, -0.25) is 0 Å². The van der Waals surface area contributed by atoms with Gasteiger partial charge >= 0.3 is 0 Å². The highest BCUT2D eigenvalue weighted by Crippen LogP contribution is 2.30. The Morgan fingerprint density at radius 2 is 2.04 bits per heavy atom. The summed E-state index contributed by atoms with van der Waals surface area (Å²) in [6.07, 6.45) is 6.22. The SMILES string of the molecule is CSCCCN(C)CCCNc1cc(-c2ccccc2Cl)nc2c(Br)cnn12. The van der Waals surface area contributed by atoms with Crippen LogP contribution in [-0.2, 0) is 0 Å². The maximum Gasteiger partial charge on any atom is 0.172 e. The lowest BCUT2D eigenvalue weighted by Gasteiger charge is -2.17. The number of hydrogen-bond acceptors (Lipinski definition) is 5. The Morgan fingerprint density at radius 3 is 2.82 bits per heavy atom. The van der Waals surface area contributed by atoms with Gasteiger partial charge in [0.15, 0.2) is 5.65 Å². The molecule has 0 aliphatic heterocycles. The third-order valence-corrected chi connectivity index (χ3v) is 6.08. The van der Waals surface area contributed by atoms with Gasteiger partial charge in [0.1, 0.15) is 5.82 Å². The predicted molar refractivity (Wildman–Crippen MR) is 125 cm³/mol. The highest BCUT2D eigenvalue weighted by atomic mass is 79.9. The maximum atomic E-state index is 6.39. The van der Waals surface area contributed by atoms with E-state index in [9.17, 15) is 0 Å². The minimum atomic E-state index is 0.688. The molecule has 2 aromatic heterocycles. The summed E-state index contributed by atoms with van der Waals surface area (Å²) < 4.78 is 2.69. The van der Waals surface area contributed by atoms with Gasteiger partial charge in [-0.15, -0.1) is 0 Å². The fourth-order valence-corrected chi connectivity index (χ4v) is 4.02. The van der Waals surface area contributed by atoms with Crippen molar-refractivity contribution < 1.29 is 0 Å². The summed E-state index contributed by atoms with van der Waals surface area (Å²) in [6.45, 7) is 3.07. The standard InChI is InChI=1S/C20H25BrClN5S/c1-26(11-6-12-28-2)10-5-9-23-19-13-18(15-7-3-4-8-17(15)22)25-20-16(21)14-24-27(19)20/h3-4,7-8,13-14,23H,5-6,9-12H2,1-2H3. The number of benzene rings is 1. The number of fused-ring (bicyclic) bond motifs is 1. The molecular weight excluding hydrogens is 458 g/mol. The zero-order chi connectivity index (χ0) is 19.9. The lowest BCUT2D eigenvalue weighted by Crippen LogP contribution is -2.23. The number of nitrogens with one attached hydrogen (secondary N) is 1. The van der Waals surface area contributed by atoms with Crippen molar-refractivity contribution in [2.75, 3.05) is 44.0 Å². The number of rotatable bonds is 10. The van der Waals surface area contributed by atoms with Crippen LogP contribution in [0.4, 0.5) is 5.82 Å². The van der Waals surface area contributed by atoms with Crippen molar-refractivity contribution in [2.45, 2.75) is 12.8 Å². The molecule has 5 nitrogen and oxygen atoms in total. The topological polar surface area (TPSA) is 45.5 Å². The van der Waals surface area contributed by atoms with Crippen LogP contribution in [0.3, 0.4) is 0 Å². The van der Waals surface area contributed by atoms with Crippen LogP contribution in [0.1, 0.15) is 12.8 Å². The monoisotopic (exact) mass is 481 g/mol. The first-order valence-corrected chi connectivity index (χ1v) is 11.9. The molecule has 3 rings (SSSR count). The van der Waals surface area contributed by atoms with Gasteiger partial charge in [0.25, 0.3) is 0 Å². The fourth-order valence-electron chi connectivity index (χ4n) is 3.02. The van der Waals surface area contributed by atoms with E-state index in [0.717, 1.165) is 53.3 Å². The van der Waals surface area contributed by atoms with E-state index in [4.69, 9.17) is 16.6 Å². The molecule has 8 heteroatoms. The molecule has 0 atom stereocenters. The number of halogens is 2. The van der Waals surface area contributed by atoms with Crippen molar-refractivity contribution in [3.05, 3.63) is 46.0 Å². The van der Waals surface area contributed by atoms with Crippen LogP contribution in [0.2, 0.25) is 5.02 Å². The van der Waals surface area contributed by atoms with E-state index in [2.05, 4.69) is 44.5 Å². The molecule has 0 spiro atoms. The minimum absolute atomic E-state index is 0.688. The number of anilines is 1. The van der Waals surface area contributed by atoms with Crippen molar-refractivity contribution in [3.8, 4) is 11.3 Å². The van der Waals surface area contributed by atoms with Crippen molar-refractivity contribution >= 4 is 50.8 Å². The maximum absolute atomic E-state index is 6.39. The largest absolute Gasteiger partial charge is 0.370 e. The van der Waals surface area contributed by atoms with Gasteiger partial charge in [-0.05, 0) is 67.0 Å². The van der Waals surface area contributed by atoms with Gasteiger partial charge < -0.3 is 10.2 Å². The van der Waals surface area contributed by atoms with E-state index >= 15 is 0 Å². The zero-order valence-corrected chi connectivity index (χ0v) is 19.3. The van der Waals surface area contributed by atoms with E-state index in [1.165, 1.54) is 12.2 Å². The molecule has 0 saturated heterocycles. The molecule has 1 aromatic carbocycles. The molecule has 0 radical (unpaired) electrons. The Balaban J connectivity index is 1.71. The quantitative estimate of drug-likeness (QED) is 0.397. The van der Waals surface area contributed by atoms with E-state index < -0.39 is 0 Å². The predicted octanol–water partition coefficient (Wildman–Crippen LogP) is 5.30. The summed E-state index contributed by atoms with van der Waals surface area (Å²) in [4.78, 5) is 7.13. The minimum Gasteiger partial charge on any atom is -0.370 e. The van der Waals surface area contributed by atoms with Crippen molar-refractivity contribution in [3.63, 3.8) is 0 Å². The van der Waals surface area contributed by atoms with Crippen LogP contribution in [0.25, 0.3) is 16.9 Å². The van der Waals surface area contributed by atoms with Crippen molar-refractivity contribution in [1.29, 1.82) is 0 Å². The second kappa shape index (κ2) is 10.5. The van der Waals surface area contributed by atoms with Crippen molar-refractivity contribution in [1.82, 2.24) is 19.5 Å². The van der Waals surface area contributed by atoms with Gasteiger partial charge in [-0.2, -0.15) is 21.4 Å². The molecule has 0 saturated carbocycles. The van der Waals surface area contributed by atoms with E-state index in [0.29, 0.717) is 5.02 Å². The smallest absolute Gasteiger partial charge is 0.172 e. The Labute approximate surface area is 184 Å². The van der Waals surface area contributed by atoms with E-state index in [1.54, 1.807) is 6.20 Å². The second-order valence-corrected chi connectivity index (χ2v) is 8.91. The highest BCUT2D eigenvalue weighted by molar-refractivity contribution is 9.10. The summed E-state index contributed by atoms with van der Waals surface area (Å²) in [5.41, 5.74) is 2.52. The number of hydrogen-bond donors (Lipinski definition) is 1. The molecule has 0 amide bonds. The summed E-state index contributed by atoms with van der Waals surface area (Å²) in [7, 11) is 2.19. The van der Waals surface area contributed by atoms with Gasteiger partial charge in [-0.25, -0.2) is 4.98 Å². The third-order valence-electron chi connectivity index (χ3n) is 4.49. The first-order valence-electron chi connectivity index (χ1n) is 9.30. The average molecular weight is 483 g/mol. The second-order valence-electron chi connectivity index (χ2n) is 6.66. The zero-order valence-electron chi connectivity index (χ0n) is 16.2. The van der Waals surface area contributed by atoms with Crippen LogP contribution < -0.4 is 5.32 Å². The van der Waals surface area contributed by atoms with Crippen LogP contribution in [0, 0.1) is 0 Å². The normalized spacial score (nSPS) is 11.5. The van der Waals surface area contributed by atoms with E-state index in [-0.39, 0.29) is 0 Å². The summed E-state index contributed by atoms with van der Waals surface area (Å²) in [5, 5.41) is 8.65. The molecule has 0 aliphatic carbocycles. The molecule has 0 bridgehead atoms. The Hall–Kier alpha value is -1.28. The van der Waals surface area contributed by atoms with Gasteiger partial charge in [0, 0.05) is 23.2 Å². The fraction of sp³-hybridized carbons (Fsp3) is 0.400. The summed E-state index contributed by atoms with van der Waals surface area (Å²) in [6, 6.07) is 9.77. The number of thioether (sulfide) groups is 1. The molecular formula is C20H25BrClN5S. The highest BCUT2D eigenvalue weighted by Gasteiger charge is 2.13. The average Bonchev–Trinajstić information content (AvgIpc) is 3.07. The van der Waals surface area contributed by atoms with E-state index in [1.807, 2.05) is 46.6 Å². The van der Waals surface area contributed by atoms with Gasteiger partial charge in [0.05, 0.1) is 16.4 Å². The van der Waals surface area contributed by atoms with Crippen LogP contribution in [0.15, 0.2) is 41.0 Å². The molecule has 1 N–H and O–H groups in total. The first-order chi connectivity index (χ1) is 13.6. The van der Waals surface area contributed by atoms with Gasteiger partial charge in [-0.1, -0.05) is 29.8 Å². The Morgan fingerprint density at radius 1 is 1.25 bits per heavy atom. The molecule has 0 aliphatic rings. The molecule has 28 heavy (non-hydrogen) atoms. The van der Waals surface area contributed by atoms with Crippen LogP contribution >= 0.6 is 39.3 Å². The molecule has 0 unspecified atom stereocenters. The molecule has 0 fully saturated rings. The van der Waals surface area contributed by atoms with Crippen LogP contribution in [0.5, 0.6) is 0 Å². The van der Waals surface area contributed by atoms with Crippen molar-refractivity contribution in [2.24, 2.45) is 0 Å². The Bertz CT molecular complexity index is 917. The lowest BCUT2D eigenvalue weighted by molar-refractivity contribution is 0.334. The summed E-state index contributed by atoms with van der Waals surface area (Å²) >= 11 is 11.8. The van der Waals surface area contributed by atoms with Crippen LogP contribution in [-0.4, -0.2) is 58.2 Å². The number of nitrogens with zero attached hydrogens (tertiary/aromatic N) is 4. The van der Waals surface area contributed by atoms with Gasteiger partial charge in [0.2, 0.25) is 0 Å². The molecule has 150 valence electrons. The Kier molecular flexibility index (Phi) is 8.02. The summed E-state index contributed by atoms with van der Waals surface area (Å²) in [5.74, 6) is 2.13.